The van der Waals surface area contributed by atoms with Gasteiger partial charge in [-0.3, -0.25) is 4.79 Å². The lowest BCUT2D eigenvalue weighted by molar-refractivity contribution is -0.119. The third kappa shape index (κ3) is 5.35. The molecule has 0 aromatic heterocycles. The molecule has 0 aliphatic heterocycles. The molecule has 9 heteroatoms. The zero-order valence-electron chi connectivity index (χ0n) is 15.0. The summed E-state index contributed by atoms with van der Waals surface area (Å²) < 4.78 is 44.2. The third-order valence-electron chi connectivity index (χ3n) is 3.58. The van der Waals surface area contributed by atoms with E-state index in [4.69, 9.17) is 4.74 Å². The molecule has 2 rings (SSSR count). The van der Waals surface area contributed by atoms with Crippen LogP contribution in [-0.4, -0.2) is 33.9 Å². The second-order valence-corrected chi connectivity index (χ2v) is 7.74. The molecule has 7 nitrogen and oxygen atoms in total. The van der Waals surface area contributed by atoms with E-state index >= 15 is 0 Å². The van der Waals surface area contributed by atoms with E-state index in [9.17, 15) is 22.4 Å². The summed E-state index contributed by atoms with van der Waals surface area (Å²) in [5.41, 5.74) is 1.87. The Hall–Kier alpha value is -2.78. The van der Waals surface area contributed by atoms with E-state index in [-0.39, 0.29) is 4.90 Å². The molecule has 0 aliphatic rings. The Labute approximate surface area is 156 Å². The number of benzene rings is 2. The van der Waals surface area contributed by atoms with Crippen LogP contribution in [0.5, 0.6) is 0 Å². The summed E-state index contributed by atoms with van der Waals surface area (Å²) in [5, 5.41) is 2.57. The van der Waals surface area contributed by atoms with Crippen LogP contribution in [0.3, 0.4) is 0 Å². The molecule has 27 heavy (non-hydrogen) atoms. The van der Waals surface area contributed by atoms with Crippen molar-refractivity contribution in [2.75, 3.05) is 19.0 Å². The van der Waals surface area contributed by atoms with Crippen molar-refractivity contribution in [3.8, 4) is 0 Å². The van der Waals surface area contributed by atoms with Crippen LogP contribution in [0, 0.1) is 19.7 Å². The van der Waals surface area contributed by atoms with Crippen LogP contribution >= 0.6 is 0 Å². The predicted octanol–water partition coefficient (Wildman–Crippen LogP) is 2.15. The van der Waals surface area contributed by atoms with Gasteiger partial charge in [-0.2, -0.15) is 0 Å². The van der Waals surface area contributed by atoms with Gasteiger partial charge in [0.25, 0.3) is 5.91 Å². The SMILES string of the molecule is CNS(=O)(=O)c1ccc(F)c(C(=O)OCC(=O)Nc2cc(C)cc(C)c2)c1. The van der Waals surface area contributed by atoms with Gasteiger partial charge in [0.1, 0.15) is 5.82 Å². The Kier molecular flexibility index (Phi) is 6.29. The van der Waals surface area contributed by atoms with Crippen LogP contribution in [0.1, 0.15) is 21.5 Å². The molecule has 2 N–H and O–H groups in total. The summed E-state index contributed by atoms with van der Waals surface area (Å²) >= 11 is 0. The lowest BCUT2D eigenvalue weighted by Crippen LogP contribution is -2.22. The average Bonchev–Trinajstić information content (AvgIpc) is 2.59. The predicted molar refractivity (Wildman–Crippen MR) is 97.5 cm³/mol. The molecule has 0 atom stereocenters. The molecule has 0 aliphatic carbocycles. The van der Waals surface area contributed by atoms with Crippen LogP contribution < -0.4 is 10.0 Å². The first kappa shape index (κ1) is 20.5. The molecule has 0 heterocycles. The quantitative estimate of drug-likeness (QED) is 0.731. The maximum Gasteiger partial charge on any atom is 0.341 e. The lowest BCUT2D eigenvalue weighted by atomic mass is 10.1. The summed E-state index contributed by atoms with van der Waals surface area (Å²) in [5.74, 6) is -2.70. The maximum atomic E-state index is 13.9. The van der Waals surface area contributed by atoms with Gasteiger partial charge in [0.15, 0.2) is 6.61 Å². The van der Waals surface area contributed by atoms with Gasteiger partial charge in [0.2, 0.25) is 10.0 Å². The Balaban J connectivity index is 2.07. The van der Waals surface area contributed by atoms with Gasteiger partial charge < -0.3 is 10.1 Å². The fraction of sp³-hybridized carbons (Fsp3) is 0.222. The van der Waals surface area contributed by atoms with Crippen molar-refractivity contribution < 1.29 is 27.1 Å². The van der Waals surface area contributed by atoms with Crippen molar-refractivity contribution in [3.05, 3.63) is 58.9 Å². The summed E-state index contributed by atoms with van der Waals surface area (Å²) in [7, 11) is -2.67. The minimum absolute atomic E-state index is 0.293. The lowest BCUT2D eigenvalue weighted by Gasteiger charge is -2.09. The maximum absolute atomic E-state index is 13.9. The number of hydrogen-bond acceptors (Lipinski definition) is 5. The Morgan fingerprint density at radius 2 is 1.70 bits per heavy atom. The first-order valence-corrected chi connectivity index (χ1v) is 9.39. The van der Waals surface area contributed by atoms with E-state index in [0.29, 0.717) is 5.69 Å². The summed E-state index contributed by atoms with van der Waals surface area (Å²) in [6, 6.07) is 8.15. The first-order chi connectivity index (χ1) is 12.6. The van der Waals surface area contributed by atoms with Gasteiger partial charge >= 0.3 is 5.97 Å². The van der Waals surface area contributed by atoms with E-state index in [1.54, 1.807) is 12.1 Å². The van der Waals surface area contributed by atoms with E-state index in [0.717, 1.165) is 29.3 Å². The second kappa shape index (κ2) is 8.28. The van der Waals surface area contributed by atoms with Crippen LogP contribution in [0.25, 0.3) is 0 Å². The van der Waals surface area contributed by atoms with Crippen molar-refractivity contribution in [2.45, 2.75) is 18.7 Å². The highest BCUT2D eigenvalue weighted by Gasteiger charge is 2.20. The van der Waals surface area contributed by atoms with Crippen LogP contribution in [-0.2, 0) is 19.6 Å². The first-order valence-electron chi connectivity index (χ1n) is 7.91. The number of carbonyl (C=O) groups is 2. The van der Waals surface area contributed by atoms with E-state index in [2.05, 4.69) is 10.0 Å². The smallest absolute Gasteiger partial charge is 0.341 e. The number of hydrogen-bond donors (Lipinski definition) is 2. The molecule has 1 amide bonds. The zero-order chi connectivity index (χ0) is 20.2. The molecule has 0 unspecified atom stereocenters. The molecule has 0 spiro atoms. The Morgan fingerprint density at radius 3 is 2.30 bits per heavy atom. The van der Waals surface area contributed by atoms with Crippen molar-refractivity contribution in [1.29, 1.82) is 0 Å². The number of sulfonamides is 1. The van der Waals surface area contributed by atoms with Gasteiger partial charge in [-0.05, 0) is 62.4 Å². The minimum atomic E-state index is -3.85. The van der Waals surface area contributed by atoms with Gasteiger partial charge in [-0.1, -0.05) is 6.07 Å². The zero-order valence-corrected chi connectivity index (χ0v) is 15.8. The highest BCUT2D eigenvalue weighted by atomic mass is 32.2. The number of carbonyl (C=O) groups excluding carboxylic acids is 2. The monoisotopic (exact) mass is 394 g/mol. The van der Waals surface area contributed by atoms with E-state index in [1.807, 2.05) is 19.9 Å². The molecule has 144 valence electrons. The van der Waals surface area contributed by atoms with Crippen molar-refractivity contribution >= 4 is 27.6 Å². The van der Waals surface area contributed by atoms with Crippen LogP contribution in [0.15, 0.2) is 41.3 Å². The Morgan fingerprint density at radius 1 is 1.07 bits per heavy atom. The summed E-state index contributed by atoms with van der Waals surface area (Å²) in [6.07, 6.45) is 0. The van der Waals surface area contributed by atoms with Crippen LogP contribution in [0.2, 0.25) is 0 Å². The van der Waals surface area contributed by atoms with Crippen molar-refractivity contribution in [2.24, 2.45) is 0 Å². The number of amides is 1. The number of ether oxygens (including phenoxy) is 1. The van der Waals surface area contributed by atoms with Crippen LogP contribution in [0.4, 0.5) is 10.1 Å². The molecular formula is C18H19FN2O5S. The molecule has 0 bridgehead atoms. The number of aryl methyl sites for hydroxylation is 2. The normalized spacial score (nSPS) is 11.1. The molecule has 0 saturated carbocycles. The van der Waals surface area contributed by atoms with Gasteiger partial charge in [-0.25, -0.2) is 22.3 Å². The van der Waals surface area contributed by atoms with Gasteiger partial charge in [0.05, 0.1) is 10.5 Å². The van der Waals surface area contributed by atoms with Gasteiger partial charge in [0, 0.05) is 5.69 Å². The molecule has 0 radical (unpaired) electrons. The van der Waals surface area contributed by atoms with E-state index < -0.39 is 39.9 Å². The van der Waals surface area contributed by atoms with Crippen molar-refractivity contribution in [3.63, 3.8) is 0 Å². The topological polar surface area (TPSA) is 102 Å². The average molecular weight is 394 g/mol. The number of halogens is 1. The number of anilines is 1. The standard InChI is InChI=1S/C18H19FN2O5S/c1-11-6-12(2)8-13(7-11)21-17(22)10-26-18(23)15-9-14(4-5-16(15)19)27(24,25)20-3/h4-9,20H,10H2,1-3H3,(H,21,22). The van der Waals surface area contributed by atoms with Gasteiger partial charge in [-0.15, -0.1) is 0 Å². The fourth-order valence-corrected chi connectivity index (χ4v) is 3.15. The van der Waals surface area contributed by atoms with Crippen molar-refractivity contribution in [1.82, 2.24) is 4.72 Å². The third-order valence-corrected chi connectivity index (χ3v) is 4.99. The minimum Gasteiger partial charge on any atom is -0.452 e. The number of esters is 1. The molecule has 0 saturated heterocycles. The molecule has 2 aromatic rings. The highest BCUT2D eigenvalue weighted by Crippen LogP contribution is 2.16. The largest absolute Gasteiger partial charge is 0.452 e. The molecular weight excluding hydrogens is 375 g/mol. The highest BCUT2D eigenvalue weighted by molar-refractivity contribution is 7.89. The number of rotatable bonds is 6. The summed E-state index contributed by atoms with van der Waals surface area (Å²) in [6.45, 7) is 3.10. The number of nitrogens with one attached hydrogen (secondary N) is 2. The van der Waals surface area contributed by atoms with E-state index in [1.165, 1.54) is 7.05 Å². The molecule has 0 fully saturated rings. The Bertz CT molecular complexity index is 969. The summed E-state index contributed by atoms with van der Waals surface area (Å²) in [4.78, 5) is 23.7. The second-order valence-electron chi connectivity index (χ2n) is 5.85. The molecule has 2 aromatic carbocycles. The fourth-order valence-electron chi connectivity index (χ4n) is 2.40.